The Morgan fingerprint density at radius 3 is 2.65 bits per heavy atom. The van der Waals surface area contributed by atoms with Gasteiger partial charge in [-0.15, -0.1) is 11.3 Å². The minimum atomic E-state index is -2.34. The molecular formula is C24H31F2N5O2S. The summed E-state index contributed by atoms with van der Waals surface area (Å²) in [6.45, 7) is 4.77. The molecule has 1 aliphatic rings. The number of nitrogens with zero attached hydrogens (tertiary/aromatic N) is 2. The molecule has 10 heteroatoms. The number of alkyl halides is 2. The molecular weight excluding hydrogens is 460 g/mol. The van der Waals surface area contributed by atoms with Crippen molar-refractivity contribution in [2.24, 2.45) is 11.5 Å². The van der Waals surface area contributed by atoms with Crippen LogP contribution in [0, 0.1) is 6.92 Å². The van der Waals surface area contributed by atoms with E-state index >= 15 is 0 Å². The Kier molecular flexibility index (Phi) is 9.00. The summed E-state index contributed by atoms with van der Waals surface area (Å²) >= 11 is 1.53. The van der Waals surface area contributed by atoms with Crippen molar-refractivity contribution in [3.05, 3.63) is 58.4 Å². The Morgan fingerprint density at radius 2 is 2.03 bits per heavy atom. The van der Waals surface area contributed by atoms with Crippen LogP contribution < -0.4 is 21.5 Å². The summed E-state index contributed by atoms with van der Waals surface area (Å²) in [6, 6.07) is 5.33. The Hall–Kier alpha value is -2.98. The number of likely N-dealkylation sites (tertiary alicyclic amines) is 1. The molecule has 34 heavy (non-hydrogen) atoms. The number of aromatic nitrogens is 1. The molecule has 7 nitrogen and oxygen atoms in total. The highest BCUT2D eigenvalue weighted by Crippen LogP contribution is 2.31. The first-order valence-corrected chi connectivity index (χ1v) is 11.9. The molecule has 0 atom stereocenters. The van der Waals surface area contributed by atoms with Gasteiger partial charge in [0.25, 0.3) is 12.3 Å². The van der Waals surface area contributed by atoms with Crippen LogP contribution in [-0.4, -0.2) is 54.5 Å². The maximum Gasteiger partial charge on any atom is 0.251 e. The van der Waals surface area contributed by atoms with E-state index in [4.69, 9.17) is 16.2 Å². The fourth-order valence-electron chi connectivity index (χ4n) is 3.59. The minimum Gasteiger partial charge on any atom is -0.490 e. The van der Waals surface area contributed by atoms with Crippen LogP contribution >= 0.6 is 11.3 Å². The molecule has 2 aromatic rings. The SMILES string of the molecule is C/C(N)=C/C=C(\N)CNC(=O)c1cc(OC2CCN(CC(F)F)CC2)cc(-c2ncc(C)s2)c1. The lowest BCUT2D eigenvalue weighted by molar-refractivity contribution is 0.0478. The third kappa shape index (κ3) is 7.81. The van der Waals surface area contributed by atoms with Crippen LogP contribution in [0.3, 0.4) is 0 Å². The number of halogens is 2. The van der Waals surface area contributed by atoms with E-state index < -0.39 is 6.43 Å². The number of nitrogens with two attached hydrogens (primary N) is 2. The summed E-state index contributed by atoms with van der Waals surface area (Å²) in [7, 11) is 0. The summed E-state index contributed by atoms with van der Waals surface area (Å²) in [5.41, 5.74) is 13.8. The van der Waals surface area contributed by atoms with Gasteiger partial charge >= 0.3 is 0 Å². The molecule has 1 aromatic carbocycles. The second-order valence-electron chi connectivity index (χ2n) is 8.37. The summed E-state index contributed by atoms with van der Waals surface area (Å²) in [6.07, 6.45) is 3.95. The van der Waals surface area contributed by atoms with Gasteiger partial charge in [0.1, 0.15) is 16.9 Å². The molecule has 0 radical (unpaired) electrons. The second-order valence-corrected chi connectivity index (χ2v) is 9.60. The van der Waals surface area contributed by atoms with E-state index in [2.05, 4.69) is 10.3 Å². The van der Waals surface area contributed by atoms with Gasteiger partial charge in [-0.25, -0.2) is 13.8 Å². The van der Waals surface area contributed by atoms with E-state index in [1.807, 2.05) is 13.0 Å². The number of allylic oxidation sites excluding steroid dienone is 3. The zero-order valence-electron chi connectivity index (χ0n) is 19.4. The van der Waals surface area contributed by atoms with Crippen LogP contribution in [0.15, 0.2) is 47.9 Å². The fourth-order valence-corrected chi connectivity index (χ4v) is 4.34. The highest BCUT2D eigenvalue weighted by atomic mass is 32.1. The van der Waals surface area contributed by atoms with Gasteiger partial charge in [-0.2, -0.15) is 0 Å². The number of nitrogens with one attached hydrogen (secondary N) is 1. The zero-order chi connectivity index (χ0) is 24.7. The minimum absolute atomic E-state index is 0.108. The standard InChI is InChI=1S/C24H31F2N5O2S/c1-15(27)3-4-19(28)13-29-23(32)17-9-18(24-30-12-16(2)34-24)11-21(10-17)33-20-5-7-31(8-6-20)14-22(25)26/h3-4,9-12,20,22H,5-8,13-14,27-28H2,1-2H3,(H,29,32)/b15-3-,19-4-. The molecule has 184 valence electrons. The number of carbonyl (C=O) groups excluding carboxylic acids is 1. The first-order valence-electron chi connectivity index (χ1n) is 11.1. The number of rotatable bonds is 9. The van der Waals surface area contributed by atoms with Crippen molar-refractivity contribution in [1.29, 1.82) is 0 Å². The Balaban J connectivity index is 1.75. The number of hydrogen-bond acceptors (Lipinski definition) is 7. The van der Waals surface area contributed by atoms with Crippen molar-refractivity contribution in [2.45, 2.75) is 39.2 Å². The molecule has 2 heterocycles. The monoisotopic (exact) mass is 491 g/mol. The largest absolute Gasteiger partial charge is 0.490 e. The number of aryl methyl sites for hydroxylation is 1. The van der Waals surface area contributed by atoms with Gasteiger partial charge in [-0.1, -0.05) is 0 Å². The number of amides is 1. The van der Waals surface area contributed by atoms with Crippen molar-refractivity contribution < 1.29 is 18.3 Å². The van der Waals surface area contributed by atoms with Crippen molar-refractivity contribution in [3.8, 4) is 16.3 Å². The molecule has 5 N–H and O–H groups in total. The molecule has 0 aliphatic carbocycles. The molecule has 0 unspecified atom stereocenters. The zero-order valence-corrected chi connectivity index (χ0v) is 20.2. The van der Waals surface area contributed by atoms with E-state index in [9.17, 15) is 13.6 Å². The van der Waals surface area contributed by atoms with E-state index in [1.54, 1.807) is 42.3 Å². The maximum atomic E-state index is 12.9. The lowest BCUT2D eigenvalue weighted by Crippen LogP contribution is -2.40. The predicted molar refractivity (Wildman–Crippen MR) is 131 cm³/mol. The maximum absolute atomic E-state index is 12.9. The van der Waals surface area contributed by atoms with Gasteiger partial charge in [0.15, 0.2) is 0 Å². The van der Waals surface area contributed by atoms with Crippen LogP contribution in [0.5, 0.6) is 5.75 Å². The molecule has 3 rings (SSSR count). The van der Waals surface area contributed by atoms with Crippen LogP contribution in [0.2, 0.25) is 0 Å². The van der Waals surface area contributed by atoms with E-state index in [0.29, 0.717) is 48.6 Å². The summed E-state index contributed by atoms with van der Waals surface area (Å²) in [5, 5.41) is 3.59. The second kappa shape index (κ2) is 11.9. The highest BCUT2D eigenvalue weighted by Gasteiger charge is 2.23. The molecule has 1 saturated heterocycles. The van der Waals surface area contributed by atoms with Gasteiger partial charge in [-0.3, -0.25) is 9.69 Å². The van der Waals surface area contributed by atoms with Crippen molar-refractivity contribution in [2.75, 3.05) is 26.2 Å². The average Bonchev–Trinajstić information content (AvgIpc) is 3.23. The average molecular weight is 492 g/mol. The molecule has 0 bridgehead atoms. The molecule has 1 amide bonds. The van der Waals surface area contributed by atoms with Crippen molar-refractivity contribution >= 4 is 17.2 Å². The van der Waals surface area contributed by atoms with Crippen LogP contribution in [-0.2, 0) is 0 Å². The number of benzene rings is 1. The first-order chi connectivity index (χ1) is 16.2. The van der Waals surface area contributed by atoms with Gasteiger partial charge in [0.05, 0.1) is 13.1 Å². The molecule has 1 aromatic heterocycles. The van der Waals surface area contributed by atoms with Gasteiger partial charge in [0.2, 0.25) is 0 Å². The summed E-state index contributed by atoms with van der Waals surface area (Å²) < 4.78 is 31.5. The number of ether oxygens (including phenoxy) is 1. The normalized spacial score (nSPS) is 16.1. The Morgan fingerprint density at radius 1 is 1.29 bits per heavy atom. The molecule has 0 saturated carbocycles. The summed E-state index contributed by atoms with van der Waals surface area (Å²) in [4.78, 5) is 20.1. The quantitative estimate of drug-likeness (QED) is 0.462. The Labute approximate surface area is 202 Å². The van der Waals surface area contributed by atoms with Gasteiger partial charge in [-0.05, 0) is 57.0 Å². The lowest BCUT2D eigenvalue weighted by Gasteiger charge is -2.32. The van der Waals surface area contributed by atoms with Crippen molar-refractivity contribution in [3.63, 3.8) is 0 Å². The first kappa shape index (κ1) is 25.6. The smallest absolute Gasteiger partial charge is 0.251 e. The van der Waals surface area contributed by atoms with Crippen LogP contribution in [0.1, 0.15) is 35.0 Å². The predicted octanol–water partition coefficient (Wildman–Crippen LogP) is 3.66. The molecule has 1 aliphatic heterocycles. The van der Waals surface area contributed by atoms with E-state index in [-0.39, 0.29) is 25.1 Å². The topological polar surface area (TPSA) is 106 Å². The number of hydrogen-bond donors (Lipinski definition) is 3. The van der Waals surface area contributed by atoms with Crippen molar-refractivity contribution in [1.82, 2.24) is 15.2 Å². The lowest BCUT2D eigenvalue weighted by atomic mass is 10.1. The van der Waals surface area contributed by atoms with Gasteiger partial charge in [0, 0.05) is 46.7 Å². The van der Waals surface area contributed by atoms with E-state index in [0.717, 1.165) is 15.4 Å². The third-order valence-electron chi connectivity index (χ3n) is 5.28. The van der Waals surface area contributed by atoms with Crippen LogP contribution in [0.4, 0.5) is 8.78 Å². The molecule has 1 fully saturated rings. The van der Waals surface area contributed by atoms with Crippen LogP contribution in [0.25, 0.3) is 10.6 Å². The Bertz CT molecular complexity index is 1040. The highest BCUT2D eigenvalue weighted by molar-refractivity contribution is 7.14. The number of piperidine rings is 1. The fraction of sp³-hybridized carbons (Fsp3) is 0.417. The summed E-state index contributed by atoms with van der Waals surface area (Å²) in [5.74, 6) is 0.254. The number of thiazole rings is 1. The molecule has 0 spiro atoms. The van der Waals surface area contributed by atoms with E-state index in [1.165, 1.54) is 11.3 Å². The number of carbonyl (C=O) groups is 1. The third-order valence-corrected chi connectivity index (χ3v) is 6.25. The van der Waals surface area contributed by atoms with Gasteiger partial charge < -0.3 is 21.5 Å².